The first kappa shape index (κ1) is 34.0. The second-order valence-corrected chi connectivity index (χ2v) is 11.9. The number of rotatable bonds is 7. The minimum atomic E-state index is -5.02. The fourth-order valence-electron chi connectivity index (χ4n) is 6.00. The minimum Gasteiger partial charge on any atom is -0.445 e. The summed E-state index contributed by atoms with van der Waals surface area (Å²) in [6, 6.07) is 15.7. The first-order valence-corrected chi connectivity index (χ1v) is 14.8. The molecule has 3 aromatic carbocycles. The Bertz CT molecular complexity index is 1620. The molecule has 0 radical (unpaired) electrons. The standard InChI is InChI=1S/C34H31F7N2O4/c1-19(22-14-23(33(36,37)38)16-24(15-22)34(39,40)41)47-28-13-12-26(29(28)21-8-10-25(35)11-9-21)27-17-32(2,30(44)42-27)43-31(45)46-18-20-6-4-3-5-7-20/h3-11,14-16,19,28-29H,12-13,17-18H2,1-2H3,(H,42,44)(H,43,45)/b27-26-/t19-,28+,29+,32-/m1/s1. The fraction of sp³-hybridized carbons (Fsp3) is 0.353. The van der Waals surface area contributed by atoms with Gasteiger partial charge in [0.1, 0.15) is 18.0 Å². The van der Waals surface area contributed by atoms with Gasteiger partial charge in [-0.1, -0.05) is 42.5 Å². The Labute approximate surface area is 265 Å². The van der Waals surface area contributed by atoms with Crippen molar-refractivity contribution in [2.45, 2.75) is 75.7 Å². The SMILES string of the molecule is C[C@@H](O[C@H]1CC/C(=C2\C[C@@](C)(NC(=O)OCc3ccccc3)C(=O)N2)[C@@H]1c1ccc(F)cc1)c1cc(C(F)(F)F)cc(C(F)(F)F)c1. The summed E-state index contributed by atoms with van der Waals surface area (Å²) in [5, 5.41) is 5.44. The summed E-state index contributed by atoms with van der Waals surface area (Å²) in [6.45, 7) is 2.88. The summed E-state index contributed by atoms with van der Waals surface area (Å²) in [4.78, 5) is 25.8. The number of carbonyl (C=O) groups is 2. The van der Waals surface area contributed by atoms with Crippen molar-refractivity contribution in [3.05, 3.63) is 118 Å². The van der Waals surface area contributed by atoms with Crippen molar-refractivity contribution in [1.29, 1.82) is 0 Å². The van der Waals surface area contributed by atoms with Crippen molar-refractivity contribution in [2.24, 2.45) is 0 Å². The van der Waals surface area contributed by atoms with Crippen LogP contribution < -0.4 is 10.6 Å². The first-order valence-electron chi connectivity index (χ1n) is 14.8. The van der Waals surface area contributed by atoms with Crippen LogP contribution in [0.5, 0.6) is 0 Å². The Morgan fingerprint density at radius 2 is 1.60 bits per heavy atom. The number of ether oxygens (including phenoxy) is 2. The van der Waals surface area contributed by atoms with Crippen molar-refractivity contribution in [2.75, 3.05) is 0 Å². The number of alkyl halides is 6. The van der Waals surface area contributed by atoms with Crippen molar-refractivity contribution in [1.82, 2.24) is 10.6 Å². The number of carbonyl (C=O) groups excluding carboxylic acids is 2. The van der Waals surface area contributed by atoms with Gasteiger partial charge in [-0.05, 0) is 79.3 Å². The monoisotopic (exact) mass is 664 g/mol. The molecule has 5 rings (SSSR count). The number of halogens is 7. The third-order valence-corrected chi connectivity index (χ3v) is 8.41. The molecular formula is C34H31F7N2O4. The van der Waals surface area contributed by atoms with Gasteiger partial charge < -0.3 is 20.1 Å². The van der Waals surface area contributed by atoms with E-state index in [1.54, 1.807) is 24.3 Å². The van der Waals surface area contributed by atoms with Gasteiger partial charge in [-0.3, -0.25) is 4.79 Å². The smallest absolute Gasteiger partial charge is 0.416 e. The summed E-state index contributed by atoms with van der Waals surface area (Å²) < 4.78 is 106. The molecule has 1 aliphatic heterocycles. The zero-order chi connectivity index (χ0) is 34.1. The summed E-state index contributed by atoms with van der Waals surface area (Å²) in [7, 11) is 0. The second kappa shape index (κ2) is 13.0. The predicted octanol–water partition coefficient (Wildman–Crippen LogP) is 8.35. The van der Waals surface area contributed by atoms with Gasteiger partial charge in [0.2, 0.25) is 5.91 Å². The van der Waals surface area contributed by atoms with E-state index in [0.717, 1.165) is 5.56 Å². The molecule has 2 N–H and O–H groups in total. The van der Waals surface area contributed by atoms with E-state index < -0.39 is 65.0 Å². The second-order valence-electron chi connectivity index (χ2n) is 11.9. The number of alkyl carbamates (subject to hydrolysis) is 1. The van der Waals surface area contributed by atoms with E-state index in [-0.39, 0.29) is 24.7 Å². The number of hydrogen-bond donors (Lipinski definition) is 2. The van der Waals surface area contributed by atoms with Gasteiger partial charge in [-0.25, -0.2) is 9.18 Å². The van der Waals surface area contributed by atoms with E-state index in [2.05, 4.69) is 10.6 Å². The molecule has 0 unspecified atom stereocenters. The zero-order valence-electron chi connectivity index (χ0n) is 25.3. The maximum Gasteiger partial charge on any atom is 0.416 e. The van der Waals surface area contributed by atoms with Crippen LogP contribution in [0.4, 0.5) is 35.5 Å². The highest BCUT2D eigenvalue weighted by molar-refractivity contribution is 5.94. The van der Waals surface area contributed by atoms with Crippen LogP contribution in [0.3, 0.4) is 0 Å². The zero-order valence-corrected chi connectivity index (χ0v) is 25.3. The Kier molecular flexibility index (Phi) is 9.40. The van der Waals surface area contributed by atoms with Gasteiger partial charge in [-0.15, -0.1) is 0 Å². The van der Waals surface area contributed by atoms with Crippen LogP contribution in [-0.2, 0) is 33.2 Å². The molecular weight excluding hydrogens is 633 g/mol. The van der Waals surface area contributed by atoms with Crippen molar-refractivity contribution < 1.29 is 49.8 Å². The molecule has 250 valence electrons. The maximum atomic E-state index is 13.9. The number of amides is 2. The number of benzene rings is 3. The van der Waals surface area contributed by atoms with Gasteiger partial charge in [0.25, 0.3) is 0 Å². The van der Waals surface area contributed by atoms with Gasteiger partial charge >= 0.3 is 18.4 Å². The molecule has 3 aromatic rings. The molecule has 0 spiro atoms. The van der Waals surface area contributed by atoms with E-state index >= 15 is 0 Å². The molecule has 4 atom stereocenters. The van der Waals surface area contributed by atoms with E-state index in [1.807, 2.05) is 6.07 Å². The lowest BCUT2D eigenvalue weighted by atomic mass is 9.88. The molecule has 2 fully saturated rings. The van der Waals surface area contributed by atoms with Gasteiger partial charge in [0.05, 0.1) is 23.3 Å². The highest BCUT2D eigenvalue weighted by atomic mass is 19.4. The lowest BCUT2D eigenvalue weighted by Gasteiger charge is -2.27. The summed E-state index contributed by atoms with van der Waals surface area (Å²) >= 11 is 0. The van der Waals surface area contributed by atoms with Crippen LogP contribution in [0.25, 0.3) is 0 Å². The minimum absolute atomic E-state index is 0.0154. The summed E-state index contributed by atoms with van der Waals surface area (Å²) in [5.41, 5.74) is -2.12. The van der Waals surface area contributed by atoms with Crippen LogP contribution in [0, 0.1) is 5.82 Å². The Morgan fingerprint density at radius 3 is 2.19 bits per heavy atom. The first-order chi connectivity index (χ1) is 22.0. The largest absolute Gasteiger partial charge is 0.445 e. The van der Waals surface area contributed by atoms with Crippen LogP contribution in [-0.4, -0.2) is 23.6 Å². The molecule has 1 heterocycles. The number of hydrogen-bond acceptors (Lipinski definition) is 4. The van der Waals surface area contributed by atoms with Crippen LogP contribution in [0.15, 0.2) is 84.1 Å². The third-order valence-electron chi connectivity index (χ3n) is 8.41. The Morgan fingerprint density at radius 1 is 0.979 bits per heavy atom. The Hall–Kier alpha value is -4.39. The lowest BCUT2D eigenvalue weighted by Crippen LogP contribution is -2.51. The molecule has 1 saturated carbocycles. The summed E-state index contributed by atoms with van der Waals surface area (Å²) in [5.74, 6) is -1.65. The molecule has 47 heavy (non-hydrogen) atoms. The molecule has 1 saturated heterocycles. The van der Waals surface area contributed by atoms with Crippen LogP contribution in [0.2, 0.25) is 0 Å². The molecule has 2 amide bonds. The molecule has 13 heteroatoms. The fourth-order valence-corrected chi connectivity index (χ4v) is 6.00. The van der Waals surface area contributed by atoms with Gasteiger partial charge in [-0.2, -0.15) is 26.3 Å². The van der Waals surface area contributed by atoms with E-state index in [4.69, 9.17) is 9.47 Å². The predicted molar refractivity (Wildman–Crippen MR) is 156 cm³/mol. The van der Waals surface area contributed by atoms with E-state index in [9.17, 15) is 40.3 Å². The van der Waals surface area contributed by atoms with Gasteiger partial charge in [0, 0.05) is 18.0 Å². The maximum absolute atomic E-state index is 13.9. The molecule has 1 aliphatic carbocycles. The average molecular weight is 665 g/mol. The van der Waals surface area contributed by atoms with Gasteiger partial charge in [0.15, 0.2) is 0 Å². The third kappa shape index (κ3) is 7.78. The number of nitrogens with one attached hydrogen (secondary N) is 2. The molecule has 6 nitrogen and oxygen atoms in total. The quantitative estimate of drug-likeness (QED) is 0.249. The highest BCUT2D eigenvalue weighted by Crippen LogP contribution is 2.47. The van der Waals surface area contributed by atoms with Crippen LogP contribution in [0.1, 0.15) is 72.9 Å². The summed E-state index contributed by atoms with van der Waals surface area (Å²) in [6.07, 6.45) is -12.1. The van der Waals surface area contributed by atoms with E-state index in [0.29, 0.717) is 41.8 Å². The normalized spacial score (nSPS) is 23.8. The van der Waals surface area contributed by atoms with Crippen molar-refractivity contribution in [3.63, 3.8) is 0 Å². The Balaban J connectivity index is 1.40. The van der Waals surface area contributed by atoms with Crippen molar-refractivity contribution >= 4 is 12.0 Å². The lowest BCUT2D eigenvalue weighted by molar-refractivity contribution is -0.143. The molecule has 2 aliphatic rings. The topological polar surface area (TPSA) is 76.7 Å². The van der Waals surface area contributed by atoms with Crippen LogP contribution >= 0.6 is 0 Å². The van der Waals surface area contributed by atoms with Crippen molar-refractivity contribution in [3.8, 4) is 0 Å². The highest BCUT2D eigenvalue weighted by Gasteiger charge is 2.46. The van der Waals surface area contributed by atoms with E-state index in [1.165, 1.54) is 38.1 Å². The average Bonchev–Trinajstić information content (AvgIpc) is 3.55. The molecule has 0 bridgehead atoms. The molecule has 0 aromatic heterocycles.